The molecule has 8 fully saturated rings. The number of ether oxygens (including phenoxy) is 5. The van der Waals surface area contributed by atoms with E-state index in [4.69, 9.17) is 23.7 Å². The Bertz CT molecular complexity index is 873. The minimum absolute atomic E-state index is 0.0545. The highest BCUT2D eigenvalue weighted by molar-refractivity contribution is 5.11. The first-order chi connectivity index (χ1) is 22.7. The van der Waals surface area contributed by atoms with Crippen LogP contribution in [0.2, 0.25) is 0 Å². The third-order valence-corrected chi connectivity index (χ3v) is 14.4. The molecule has 4 saturated heterocycles. The van der Waals surface area contributed by atoms with Crippen molar-refractivity contribution in [2.24, 2.45) is 21.7 Å². The minimum atomic E-state index is -0.271. The predicted octanol–water partition coefficient (Wildman–Crippen LogP) is 4.58. The van der Waals surface area contributed by atoms with Crippen LogP contribution in [-0.2, 0) is 23.7 Å². The summed E-state index contributed by atoms with van der Waals surface area (Å²) in [6, 6.07) is 0. The van der Waals surface area contributed by atoms with E-state index in [9.17, 15) is 20.4 Å². The molecule has 4 saturated carbocycles. The summed E-state index contributed by atoms with van der Waals surface area (Å²) in [5.74, 6) is 0. The number of hydrogen-bond acceptors (Lipinski definition) is 9. The Morgan fingerprint density at radius 1 is 0.404 bits per heavy atom. The lowest BCUT2D eigenvalue weighted by molar-refractivity contribution is -0.252. The maximum absolute atomic E-state index is 10.9. The van der Waals surface area contributed by atoms with Crippen LogP contribution in [0.5, 0.6) is 0 Å². The maximum atomic E-state index is 10.9. The largest absolute Gasteiger partial charge is 0.393 e. The molecule has 0 spiro atoms. The van der Waals surface area contributed by atoms with Gasteiger partial charge in [0.15, 0.2) is 0 Å². The van der Waals surface area contributed by atoms with Crippen LogP contribution in [0, 0.1) is 21.7 Å². The number of epoxide rings is 4. The smallest absolute Gasteiger partial charge is 0.0816 e. The molecule has 8 rings (SSSR count). The van der Waals surface area contributed by atoms with E-state index in [2.05, 4.69) is 0 Å². The number of aliphatic hydroxyl groups excluding tert-OH is 4. The van der Waals surface area contributed by atoms with Crippen LogP contribution in [-0.4, -0.2) is 108 Å². The zero-order valence-electron chi connectivity index (χ0n) is 28.6. The van der Waals surface area contributed by atoms with Crippen LogP contribution < -0.4 is 0 Å². The fourth-order valence-electron chi connectivity index (χ4n) is 11.6. The van der Waals surface area contributed by atoms with E-state index in [-0.39, 0.29) is 82.7 Å². The highest BCUT2D eigenvalue weighted by Gasteiger charge is 2.62. The van der Waals surface area contributed by atoms with Gasteiger partial charge in [0.05, 0.1) is 87.5 Å². The van der Waals surface area contributed by atoms with Crippen molar-refractivity contribution < 1.29 is 44.1 Å². The molecule has 4 unspecified atom stereocenters. The fraction of sp³-hybridized carbons (Fsp3) is 1.00. The third-order valence-electron chi connectivity index (χ3n) is 14.4. The van der Waals surface area contributed by atoms with Gasteiger partial charge in [-0.1, -0.05) is 0 Å². The van der Waals surface area contributed by atoms with E-state index < -0.39 is 0 Å². The molecule has 268 valence electrons. The monoisotopic (exact) mass is 662 g/mol. The summed E-state index contributed by atoms with van der Waals surface area (Å²) in [4.78, 5) is 0. The lowest BCUT2D eigenvalue weighted by atomic mass is 9.53. The van der Waals surface area contributed by atoms with Crippen LogP contribution in [0.25, 0.3) is 0 Å². The van der Waals surface area contributed by atoms with Gasteiger partial charge in [0.2, 0.25) is 0 Å². The molecular weight excluding hydrogens is 600 g/mol. The van der Waals surface area contributed by atoms with Gasteiger partial charge >= 0.3 is 0 Å². The van der Waals surface area contributed by atoms with Gasteiger partial charge < -0.3 is 44.1 Å². The maximum Gasteiger partial charge on any atom is 0.0816 e. The van der Waals surface area contributed by atoms with E-state index in [0.29, 0.717) is 0 Å². The van der Waals surface area contributed by atoms with Gasteiger partial charge in [-0.15, -0.1) is 0 Å². The standard InChI is InChI=1S/C38H62O9/c39-25-1-9-35(10-2-25,17-29-21-43-29)33(36(18-30-22-44-30)11-3-26(40)4-12-36)47-34(37(19-31-23-45-31)13-5-27(41)6-14-37)38(20-32-24-46-32)15-7-28(42)8-16-38/h25-34,39-42H,1-24H2. The first kappa shape index (κ1) is 33.8. The molecule has 0 amide bonds. The Morgan fingerprint density at radius 2 is 0.596 bits per heavy atom. The topological polar surface area (TPSA) is 140 Å². The van der Waals surface area contributed by atoms with Gasteiger partial charge in [-0.25, -0.2) is 0 Å². The molecule has 4 aliphatic heterocycles. The number of aliphatic hydroxyl groups is 4. The first-order valence-corrected chi connectivity index (χ1v) is 19.5. The highest BCUT2D eigenvalue weighted by Crippen LogP contribution is 2.63. The highest BCUT2D eigenvalue weighted by atomic mass is 16.6. The van der Waals surface area contributed by atoms with Crippen molar-refractivity contribution in [2.75, 3.05) is 26.4 Å². The Morgan fingerprint density at radius 3 is 0.766 bits per heavy atom. The Labute approximate surface area is 281 Å². The molecule has 0 aromatic carbocycles. The molecule has 0 bridgehead atoms. The van der Waals surface area contributed by atoms with Crippen molar-refractivity contribution in [1.82, 2.24) is 0 Å². The van der Waals surface area contributed by atoms with Crippen molar-refractivity contribution in [3.8, 4) is 0 Å². The fourth-order valence-corrected chi connectivity index (χ4v) is 11.6. The lowest BCUT2D eigenvalue weighted by Gasteiger charge is -2.61. The molecule has 47 heavy (non-hydrogen) atoms. The van der Waals surface area contributed by atoms with E-state index in [1.54, 1.807) is 0 Å². The molecule has 8 aliphatic rings. The van der Waals surface area contributed by atoms with Gasteiger partial charge in [0.1, 0.15) is 0 Å². The summed E-state index contributed by atoms with van der Waals surface area (Å²) in [6.07, 6.45) is 17.3. The summed E-state index contributed by atoms with van der Waals surface area (Å²) in [7, 11) is 0. The van der Waals surface area contributed by atoms with Gasteiger partial charge in [-0.2, -0.15) is 0 Å². The van der Waals surface area contributed by atoms with Crippen LogP contribution in [0.3, 0.4) is 0 Å². The molecule has 0 aromatic rings. The summed E-state index contributed by atoms with van der Waals surface area (Å²) >= 11 is 0. The molecule has 4 aliphatic carbocycles. The zero-order valence-corrected chi connectivity index (χ0v) is 28.6. The van der Waals surface area contributed by atoms with E-state index in [0.717, 1.165) is 155 Å². The quantitative estimate of drug-likeness (QED) is 0.197. The summed E-state index contributed by atoms with van der Waals surface area (Å²) in [5, 5.41) is 43.5. The molecule has 4 N–H and O–H groups in total. The second-order valence-electron chi connectivity index (χ2n) is 17.9. The van der Waals surface area contributed by atoms with Crippen molar-refractivity contribution in [2.45, 2.75) is 189 Å². The zero-order chi connectivity index (χ0) is 32.3. The van der Waals surface area contributed by atoms with Crippen LogP contribution in [0.1, 0.15) is 128 Å². The first-order valence-electron chi connectivity index (χ1n) is 19.5. The Hall–Kier alpha value is -0.360. The summed E-state index contributed by atoms with van der Waals surface area (Å²) in [6.45, 7) is 3.22. The van der Waals surface area contributed by atoms with Gasteiger partial charge in [0, 0.05) is 0 Å². The Balaban J connectivity index is 1.25. The molecule has 9 heteroatoms. The van der Waals surface area contributed by atoms with Crippen molar-refractivity contribution in [3.05, 3.63) is 0 Å². The Kier molecular flexibility index (Phi) is 9.57. The van der Waals surface area contributed by atoms with Crippen LogP contribution in [0.4, 0.5) is 0 Å². The molecule has 4 atom stereocenters. The predicted molar refractivity (Wildman–Crippen MR) is 174 cm³/mol. The second kappa shape index (κ2) is 13.3. The second-order valence-corrected chi connectivity index (χ2v) is 17.9. The average Bonchev–Trinajstić information content (AvgIpc) is 3.84. The van der Waals surface area contributed by atoms with Crippen LogP contribution >= 0.6 is 0 Å². The lowest BCUT2D eigenvalue weighted by Crippen LogP contribution is -2.61. The van der Waals surface area contributed by atoms with Gasteiger partial charge in [0.25, 0.3) is 0 Å². The van der Waals surface area contributed by atoms with E-state index in [1.165, 1.54) is 0 Å². The minimum Gasteiger partial charge on any atom is -0.393 e. The number of rotatable bonds is 14. The molecule has 0 aromatic heterocycles. The van der Waals surface area contributed by atoms with Crippen molar-refractivity contribution >= 4 is 0 Å². The normalized spacial score (nSPS) is 50.8. The van der Waals surface area contributed by atoms with Crippen molar-refractivity contribution in [3.63, 3.8) is 0 Å². The van der Waals surface area contributed by atoms with E-state index >= 15 is 0 Å². The molecule has 4 heterocycles. The summed E-state index contributed by atoms with van der Waals surface area (Å²) < 4.78 is 32.3. The SMILES string of the molecule is OC1CCC(CC2CO2)(C(OC(C2(CC3CO3)CCC(O)CC2)C2(CC3CO3)CCC(O)CC2)C2(CC3CO3)CCC(O)CC2)CC1. The molecule has 0 radical (unpaired) electrons. The van der Waals surface area contributed by atoms with Crippen LogP contribution in [0.15, 0.2) is 0 Å². The molecular formula is C38H62O9. The molecule has 9 nitrogen and oxygen atoms in total. The third kappa shape index (κ3) is 7.50. The number of hydrogen-bond donors (Lipinski definition) is 4. The average molecular weight is 663 g/mol. The van der Waals surface area contributed by atoms with Crippen molar-refractivity contribution in [1.29, 1.82) is 0 Å². The van der Waals surface area contributed by atoms with E-state index in [1.807, 2.05) is 0 Å². The summed E-state index contributed by atoms with van der Waals surface area (Å²) in [5.41, 5.74) is -0.529. The van der Waals surface area contributed by atoms with Gasteiger partial charge in [-0.05, 0) is 150 Å². The van der Waals surface area contributed by atoms with Gasteiger partial charge in [-0.3, -0.25) is 0 Å².